The lowest BCUT2D eigenvalue weighted by atomic mass is 10.0. The van der Waals surface area contributed by atoms with Crippen molar-refractivity contribution >= 4 is 5.69 Å². The standard InChI is InChI=1S/C12H17NO/c14-8-2-1-3-10-4-5-12-11(9-10)6-7-13-12/h4-5,9,13-14H,1-3,6-8H2. The first-order valence-electron chi connectivity index (χ1n) is 5.36. The Morgan fingerprint density at radius 3 is 3.07 bits per heavy atom. The van der Waals surface area contributed by atoms with E-state index in [4.69, 9.17) is 5.11 Å². The summed E-state index contributed by atoms with van der Waals surface area (Å²) >= 11 is 0. The summed E-state index contributed by atoms with van der Waals surface area (Å²) in [5, 5.41) is 12.0. The summed E-state index contributed by atoms with van der Waals surface area (Å²) in [7, 11) is 0. The molecule has 0 atom stereocenters. The van der Waals surface area contributed by atoms with Gasteiger partial charge >= 0.3 is 0 Å². The Balaban J connectivity index is 1.98. The SMILES string of the molecule is OCCCCc1ccc2c(c1)CCN2. The molecule has 76 valence electrons. The van der Waals surface area contributed by atoms with Gasteiger partial charge < -0.3 is 10.4 Å². The molecule has 0 saturated heterocycles. The lowest BCUT2D eigenvalue weighted by molar-refractivity contribution is 0.284. The second-order valence-electron chi connectivity index (χ2n) is 3.85. The molecule has 1 heterocycles. The molecule has 2 rings (SSSR count). The first-order chi connectivity index (χ1) is 6.90. The van der Waals surface area contributed by atoms with Crippen molar-refractivity contribution in [3.05, 3.63) is 29.3 Å². The van der Waals surface area contributed by atoms with Crippen LogP contribution >= 0.6 is 0 Å². The summed E-state index contributed by atoms with van der Waals surface area (Å²) in [6.45, 7) is 1.39. The van der Waals surface area contributed by atoms with Crippen molar-refractivity contribution in [2.75, 3.05) is 18.5 Å². The summed E-state index contributed by atoms with van der Waals surface area (Å²) in [6, 6.07) is 6.66. The number of aryl methyl sites for hydroxylation is 1. The van der Waals surface area contributed by atoms with Gasteiger partial charge in [-0.15, -0.1) is 0 Å². The van der Waals surface area contributed by atoms with Gasteiger partial charge in [0.2, 0.25) is 0 Å². The summed E-state index contributed by atoms with van der Waals surface area (Å²) in [6.07, 6.45) is 4.25. The van der Waals surface area contributed by atoms with Crippen molar-refractivity contribution in [1.82, 2.24) is 0 Å². The molecule has 2 N–H and O–H groups in total. The smallest absolute Gasteiger partial charge is 0.0431 e. The zero-order chi connectivity index (χ0) is 9.80. The zero-order valence-electron chi connectivity index (χ0n) is 8.42. The molecule has 0 unspecified atom stereocenters. The normalized spacial score (nSPS) is 13.8. The zero-order valence-corrected chi connectivity index (χ0v) is 8.42. The van der Waals surface area contributed by atoms with Crippen molar-refractivity contribution in [2.24, 2.45) is 0 Å². The summed E-state index contributed by atoms with van der Waals surface area (Å²) in [5.74, 6) is 0. The van der Waals surface area contributed by atoms with Crippen LogP contribution in [0, 0.1) is 0 Å². The third-order valence-corrected chi connectivity index (χ3v) is 2.75. The topological polar surface area (TPSA) is 32.3 Å². The van der Waals surface area contributed by atoms with Crippen LogP contribution in [-0.2, 0) is 12.8 Å². The Hall–Kier alpha value is -1.02. The van der Waals surface area contributed by atoms with Crippen LogP contribution in [0.25, 0.3) is 0 Å². The number of hydrogen-bond donors (Lipinski definition) is 2. The number of unbranched alkanes of at least 4 members (excludes halogenated alkanes) is 1. The molecule has 0 aliphatic carbocycles. The maximum atomic E-state index is 8.69. The maximum Gasteiger partial charge on any atom is 0.0431 e. The van der Waals surface area contributed by atoms with Crippen molar-refractivity contribution in [1.29, 1.82) is 0 Å². The molecule has 0 fully saturated rings. The number of anilines is 1. The van der Waals surface area contributed by atoms with Crippen LogP contribution in [0.15, 0.2) is 18.2 Å². The van der Waals surface area contributed by atoms with E-state index in [2.05, 4.69) is 23.5 Å². The lowest BCUT2D eigenvalue weighted by Crippen LogP contribution is -1.91. The van der Waals surface area contributed by atoms with Gasteiger partial charge in [-0.3, -0.25) is 0 Å². The van der Waals surface area contributed by atoms with Crippen molar-refractivity contribution in [2.45, 2.75) is 25.7 Å². The molecule has 14 heavy (non-hydrogen) atoms. The Kier molecular flexibility index (Phi) is 3.04. The number of aliphatic hydroxyl groups excluding tert-OH is 1. The highest BCUT2D eigenvalue weighted by molar-refractivity contribution is 5.56. The summed E-state index contributed by atoms with van der Waals surface area (Å²) in [4.78, 5) is 0. The van der Waals surface area contributed by atoms with Crippen molar-refractivity contribution < 1.29 is 5.11 Å². The number of benzene rings is 1. The van der Waals surface area contributed by atoms with Gasteiger partial charge in [0.1, 0.15) is 0 Å². The van der Waals surface area contributed by atoms with Gasteiger partial charge in [0.15, 0.2) is 0 Å². The van der Waals surface area contributed by atoms with Gasteiger partial charge in [-0.2, -0.15) is 0 Å². The highest BCUT2D eigenvalue weighted by Gasteiger charge is 2.09. The molecule has 0 spiro atoms. The minimum Gasteiger partial charge on any atom is -0.396 e. The summed E-state index contributed by atoms with van der Waals surface area (Å²) < 4.78 is 0. The molecular formula is C12H17NO. The van der Waals surface area contributed by atoms with E-state index in [0.717, 1.165) is 32.2 Å². The Bertz CT molecular complexity index is 309. The number of aliphatic hydroxyl groups is 1. The van der Waals surface area contributed by atoms with Gasteiger partial charge in [0.25, 0.3) is 0 Å². The predicted molar refractivity (Wildman–Crippen MR) is 58.7 cm³/mol. The number of fused-ring (bicyclic) bond motifs is 1. The quantitative estimate of drug-likeness (QED) is 0.713. The van der Waals surface area contributed by atoms with Crippen LogP contribution < -0.4 is 5.32 Å². The Labute approximate surface area is 85.0 Å². The van der Waals surface area contributed by atoms with E-state index in [-0.39, 0.29) is 0 Å². The van der Waals surface area contributed by atoms with Crippen molar-refractivity contribution in [3.63, 3.8) is 0 Å². The van der Waals surface area contributed by atoms with Crippen LogP contribution in [0.3, 0.4) is 0 Å². The fraction of sp³-hybridized carbons (Fsp3) is 0.500. The van der Waals surface area contributed by atoms with Crippen LogP contribution in [0.1, 0.15) is 24.0 Å². The predicted octanol–water partition coefficient (Wildman–Crippen LogP) is 1.97. The van der Waals surface area contributed by atoms with Crippen molar-refractivity contribution in [3.8, 4) is 0 Å². The van der Waals surface area contributed by atoms with Gasteiger partial charge in [-0.05, 0) is 42.9 Å². The molecule has 0 aromatic heterocycles. The minimum absolute atomic E-state index is 0.312. The van der Waals surface area contributed by atoms with E-state index < -0.39 is 0 Å². The molecule has 1 aromatic rings. The lowest BCUT2D eigenvalue weighted by Gasteiger charge is -2.04. The van der Waals surface area contributed by atoms with E-state index in [1.54, 1.807) is 0 Å². The molecule has 1 aliphatic heterocycles. The van der Waals surface area contributed by atoms with Crippen LogP contribution in [0.5, 0.6) is 0 Å². The van der Waals surface area contributed by atoms with Crippen LogP contribution in [0.4, 0.5) is 5.69 Å². The van der Waals surface area contributed by atoms with Gasteiger partial charge in [-0.25, -0.2) is 0 Å². The maximum absolute atomic E-state index is 8.69. The molecule has 2 nitrogen and oxygen atoms in total. The van der Waals surface area contributed by atoms with E-state index in [1.807, 2.05) is 0 Å². The third-order valence-electron chi connectivity index (χ3n) is 2.75. The molecule has 0 radical (unpaired) electrons. The second kappa shape index (κ2) is 4.47. The van der Waals surface area contributed by atoms with Crippen LogP contribution in [-0.4, -0.2) is 18.3 Å². The molecular weight excluding hydrogens is 174 g/mol. The molecule has 1 aliphatic rings. The van der Waals surface area contributed by atoms with E-state index in [0.29, 0.717) is 6.61 Å². The van der Waals surface area contributed by atoms with Gasteiger partial charge in [0.05, 0.1) is 0 Å². The number of hydrogen-bond acceptors (Lipinski definition) is 2. The average molecular weight is 191 g/mol. The van der Waals surface area contributed by atoms with Gasteiger partial charge in [-0.1, -0.05) is 12.1 Å². The monoisotopic (exact) mass is 191 g/mol. The highest BCUT2D eigenvalue weighted by Crippen LogP contribution is 2.23. The van der Waals surface area contributed by atoms with E-state index in [9.17, 15) is 0 Å². The molecule has 0 bridgehead atoms. The second-order valence-corrected chi connectivity index (χ2v) is 3.85. The molecule has 2 heteroatoms. The largest absolute Gasteiger partial charge is 0.396 e. The minimum atomic E-state index is 0.312. The molecule has 0 amide bonds. The highest BCUT2D eigenvalue weighted by atomic mass is 16.2. The first kappa shape index (κ1) is 9.53. The molecule has 0 saturated carbocycles. The molecule has 1 aromatic carbocycles. The average Bonchev–Trinajstić information content (AvgIpc) is 2.65. The third kappa shape index (κ3) is 2.07. The fourth-order valence-electron chi connectivity index (χ4n) is 1.95. The summed E-state index contributed by atoms with van der Waals surface area (Å²) in [5.41, 5.74) is 4.16. The Morgan fingerprint density at radius 2 is 2.21 bits per heavy atom. The van der Waals surface area contributed by atoms with Gasteiger partial charge in [0, 0.05) is 18.8 Å². The Morgan fingerprint density at radius 1 is 1.29 bits per heavy atom. The first-order valence-corrected chi connectivity index (χ1v) is 5.36. The van der Waals surface area contributed by atoms with E-state index >= 15 is 0 Å². The fourth-order valence-corrected chi connectivity index (χ4v) is 1.95. The number of rotatable bonds is 4. The van der Waals surface area contributed by atoms with Crippen LogP contribution in [0.2, 0.25) is 0 Å². The van der Waals surface area contributed by atoms with E-state index in [1.165, 1.54) is 16.8 Å². The number of nitrogens with one attached hydrogen (secondary N) is 1.